The van der Waals surface area contributed by atoms with E-state index in [0.29, 0.717) is 0 Å². The Morgan fingerprint density at radius 2 is 1.86 bits per heavy atom. The summed E-state index contributed by atoms with van der Waals surface area (Å²) < 4.78 is 42.9. The van der Waals surface area contributed by atoms with Gasteiger partial charge in [-0.2, -0.15) is 0 Å². The minimum atomic E-state index is -6.00. The smallest absolute Gasteiger partial charge is 0.418 e. The summed E-state index contributed by atoms with van der Waals surface area (Å²) in [7, 11) is -4.01. The van der Waals surface area contributed by atoms with E-state index in [4.69, 9.17) is 0 Å². The maximum Gasteiger partial charge on any atom is 0.673 e. The number of nitrogens with zero attached hydrogens (tertiary/aromatic N) is 2. The number of aromatic nitrogens is 2. The highest BCUT2D eigenvalue weighted by atomic mass is 19.5. The Morgan fingerprint density at radius 1 is 1.36 bits per heavy atom. The normalized spacial score (nSPS) is 10.4. The van der Waals surface area contributed by atoms with E-state index in [0.717, 1.165) is 6.54 Å². The highest BCUT2D eigenvalue weighted by Gasteiger charge is 2.20. The number of halogens is 4. The molecule has 0 spiro atoms. The molecule has 82 valence electrons. The monoisotopic (exact) mass is 213 g/mol. The zero-order valence-electron chi connectivity index (χ0n) is 7.92. The van der Waals surface area contributed by atoms with E-state index in [1.807, 2.05) is 35.0 Å². The van der Waals surface area contributed by atoms with Gasteiger partial charge in [-0.05, 0) is 6.92 Å². The fourth-order valence-corrected chi connectivity index (χ4v) is 0.726. The molecule has 0 aromatic carbocycles. The Balaban J connectivity index is 0.000000292. The first-order valence-corrected chi connectivity index (χ1v) is 3.97. The molecule has 0 aliphatic heterocycles. The van der Waals surface area contributed by atoms with Crippen molar-refractivity contribution in [2.45, 2.75) is 6.92 Å². The molecule has 0 saturated heterocycles. The van der Waals surface area contributed by atoms with Crippen LogP contribution in [0.3, 0.4) is 0 Å². The van der Waals surface area contributed by atoms with Crippen molar-refractivity contribution < 1.29 is 21.8 Å². The number of aryl methyl sites for hydroxylation is 1. The number of imidazole rings is 1. The molecule has 0 amide bonds. The molecule has 0 aliphatic carbocycles. The van der Waals surface area contributed by atoms with E-state index in [-0.39, 0.29) is 0 Å². The molecule has 0 atom stereocenters. The fourth-order valence-electron chi connectivity index (χ4n) is 0.726. The van der Waals surface area contributed by atoms with Crippen molar-refractivity contribution in [1.29, 1.82) is 0 Å². The van der Waals surface area contributed by atoms with Gasteiger partial charge in [0.25, 0.3) is 6.33 Å². The van der Waals surface area contributed by atoms with Crippen LogP contribution in [0, 0.1) is 0 Å². The standard InChI is InChI=1S/C6H12N3.BF4/c1-3-7-9-5-4-8(2)6-9;2-1(3,4)5/h4-7H,3H2,1-2H3;/q+1;-1. The van der Waals surface area contributed by atoms with Gasteiger partial charge in [0, 0.05) is 6.54 Å². The molecule has 1 heterocycles. The van der Waals surface area contributed by atoms with Crippen LogP contribution in [0.1, 0.15) is 6.92 Å². The first kappa shape index (κ1) is 12.8. The lowest BCUT2D eigenvalue weighted by molar-refractivity contribution is -0.670. The van der Waals surface area contributed by atoms with Gasteiger partial charge in [0.15, 0.2) is 6.20 Å². The first-order valence-electron chi connectivity index (χ1n) is 3.97. The number of nitrogens with one attached hydrogen (secondary N) is 1. The third-order valence-corrected chi connectivity index (χ3v) is 1.11. The summed E-state index contributed by atoms with van der Waals surface area (Å²) in [4.78, 5) is 0. The summed E-state index contributed by atoms with van der Waals surface area (Å²) in [6.07, 6.45) is 5.94. The number of hydrogen-bond acceptors (Lipinski definition) is 1. The van der Waals surface area contributed by atoms with E-state index < -0.39 is 7.25 Å². The molecule has 0 fully saturated rings. The third kappa shape index (κ3) is 8.89. The van der Waals surface area contributed by atoms with Gasteiger partial charge < -0.3 is 17.3 Å². The average molecular weight is 213 g/mol. The van der Waals surface area contributed by atoms with Crippen LogP contribution in [0.5, 0.6) is 0 Å². The molecule has 1 rings (SSSR count). The van der Waals surface area contributed by atoms with E-state index >= 15 is 0 Å². The molecule has 0 saturated carbocycles. The van der Waals surface area contributed by atoms with Crippen LogP contribution in [0.15, 0.2) is 18.7 Å². The minimum Gasteiger partial charge on any atom is -0.418 e. The summed E-state index contributed by atoms with van der Waals surface area (Å²) >= 11 is 0. The number of hydrogen-bond donors (Lipinski definition) is 1. The molecule has 0 aliphatic rings. The molecule has 14 heavy (non-hydrogen) atoms. The van der Waals surface area contributed by atoms with Crippen molar-refractivity contribution in [3.63, 3.8) is 0 Å². The Morgan fingerprint density at radius 3 is 2.14 bits per heavy atom. The van der Waals surface area contributed by atoms with Gasteiger partial charge in [0.2, 0.25) is 0 Å². The molecular formula is C6H12BF4N3. The summed E-state index contributed by atoms with van der Waals surface area (Å²) in [5, 5.41) is 0. The van der Waals surface area contributed by atoms with Gasteiger partial charge in [0.05, 0.1) is 7.05 Å². The van der Waals surface area contributed by atoms with E-state index in [1.54, 1.807) is 0 Å². The van der Waals surface area contributed by atoms with Gasteiger partial charge in [-0.25, -0.2) is 4.57 Å². The van der Waals surface area contributed by atoms with E-state index in [9.17, 15) is 17.3 Å². The maximum atomic E-state index is 9.75. The zero-order chi connectivity index (χ0) is 11.2. The van der Waals surface area contributed by atoms with Crippen LogP contribution in [0.2, 0.25) is 0 Å². The third-order valence-electron chi connectivity index (χ3n) is 1.11. The van der Waals surface area contributed by atoms with Crippen molar-refractivity contribution in [1.82, 2.24) is 4.68 Å². The van der Waals surface area contributed by atoms with Crippen molar-refractivity contribution >= 4 is 7.25 Å². The fraction of sp³-hybridized carbons (Fsp3) is 0.500. The Kier molecular flexibility index (Phi) is 5.04. The van der Waals surface area contributed by atoms with Gasteiger partial charge in [-0.3, -0.25) is 5.43 Å². The van der Waals surface area contributed by atoms with Gasteiger partial charge in [-0.1, -0.05) is 0 Å². The van der Waals surface area contributed by atoms with Crippen molar-refractivity contribution in [3.8, 4) is 0 Å². The molecule has 3 nitrogen and oxygen atoms in total. The lowest BCUT2D eigenvalue weighted by atomic mass is 10.3. The summed E-state index contributed by atoms with van der Waals surface area (Å²) in [6, 6.07) is 0. The molecule has 1 aromatic heterocycles. The molecule has 8 heteroatoms. The average Bonchev–Trinajstić information content (AvgIpc) is 2.32. The highest BCUT2D eigenvalue weighted by molar-refractivity contribution is 6.50. The summed E-state index contributed by atoms with van der Waals surface area (Å²) in [6.45, 7) is 3.02. The van der Waals surface area contributed by atoms with Crippen LogP contribution >= 0.6 is 0 Å². The second kappa shape index (κ2) is 5.51. The van der Waals surface area contributed by atoms with Crippen LogP contribution in [-0.4, -0.2) is 18.5 Å². The Labute approximate surface area is 79.4 Å². The molecular weight excluding hydrogens is 201 g/mol. The van der Waals surface area contributed by atoms with Gasteiger partial charge >= 0.3 is 7.25 Å². The SMILES string of the molecule is CCNn1cc[n+](C)c1.F[B-](F)(F)F. The van der Waals surface area contributed by atoms with Crippen LogP contribution in [-0.2, 0) is 7.05 Å². The first-order chi connectivity index (χ1) is 6.33. The van der Waals surface area contributed by atoms with E-state index in [1.165, 1.54) is 0 Å². The topological polar surface area (TPSA) is 20.8 Å². The van der Waals surface area contributed by atoms with Crippen LogP contribution in [0.4, 0.5) is 17.3 Å². The van der Waals surface area contributed by atoms with Crippen molar-refractivity contribution in [2.75, 3.05) is 12.0 Å². The summed E-state index contributed by atoms with van der Waals surface area (Å²) in [5.41, 5.74) is 3.12. The second-order valence-corrected chi connectivity index (χ2v) is 2.49. The molecule has 1 N–H and O–H groups in total. The summed E-state index contributed by atoms with van der Waals surface area (Å²) in [5.74, 6) is 0. The number of rotatable bonds is 2. The molecule has 1 aromatic rings. The lowest BCUT2D eigenvalue weighted by Gasteiger charge is -1.94. The molecule has 0 unspecified atom stereocenters. The maximum absolute atomic E-state index is 9.75. The zero-order valence-corrected chi connectivity index (χ0v) is 7.92. The lowest BCUT2D eigenvalue weighted by Crippen LogP contribution is -2.25. The van der Waals surface area contributed by atoms with E-state index in [2.05, 4.69) is 12.3 Å². The predicted molar refractivity (Wildman–Crippen MR) is 45.7 cm³/mol. The predicted octanol–water partition coefficient (Wildman–Crippen LogP) is 1.18. The van der Waals surface area contributed by atoms with Gasteiger partial charge in [-0.15, -0.1) is 4.68 Å². The minimum absolute atomic E-state index is 0.953. The highest BCUT2D eigenvalue weighted by Crippen LogP contribution is 2.06. The van der Waals surface area contributed by atoms with Crippen molar-refractivity contribution in [3.05, 3.63) is 18.7 Å². The quantitative estimate of drug-likeness (QED) is 0.444. The Bertz CT molecular complexity index is 254. The Hall–Kier alpha value is -1.21. The van der Waals surface area contributed by atoms with Crippen LogP contribution < -0.4 is 9.99 Å². The van der Waals surface area contributed by atoms with Gasteiger partial charge in [0.1, 0.15) is 6.20 Å². The second-order valence-electron chi connectivity index (χ2n) is 2.49. The largest absolute Gasteiger partial charge is 0.673 e. The van der Waals surface area contributed by atoms with Crippen LogP contribution in [0.25, 0.3) is 0 Å². The molecule has 0 radical (unpaired) electrons. The van der Waals surface area contributed by atoms with Crippen molar-refractivity contribution in [2.24, 2.45) is 7.05 Å². The molecule has 0 bridgehead atoms.